The van der Waals surface area contributed by atoms with Crippen molar-refractivity contribution in [3.63, 3.8) is 0 Å². The van der Waals surface area contributed by atoms with Crippen LogP contribution in [0.15, 0.2) is 28.9 Å². The zero-order chi connectivity index (χ0) is 8.10. The van der Waals surface area contributed by atoms with Crippen LogP contribution < -0.4 is 0 Å². The summed E-state index contributed by atoms with van der Waals surface area (Å²) in [4.78, 5) is 10.6. The molecule has 0 spiro atoms. The maximum absolute atomic E-state index is 10.6. The predicted octanol–water partition coefficient (Wildman–Crippen LogP) is 1.47. The fourth-order valence-corrected chi connectivity index (χ4v) is 0.604. The van der Waals surface area contributed by atoms with Gasteiger partial charge < -0.3 is 9.15 Å². The number of methoxy groups -OCH3 is 1. The van der Waals surface area contributed by atoms with Crippen LogP contribution in [0.2, 0.25) is 0 Å². The summed E-state index contributed by atoms with van der Waals surface area (Å²) < 4.78 is 9.31. The van der Waals surface area contributed by atoms with E-state index in [9.17, 15) is 4.79 Å². The molecule has 0 bridgehead atoms. The third-order valence-electron chi connectivity index (χ3n) is 1.13. The standard InChI is InChI=1S/C8H8O3/c1-10-8(9)5-4-7-3-2-6-11-7/h2-6H,1H3/b5-4+. The maximum Gasteiger partial charge on any atom is 0.330 e. The molecule has 0 aliphatic rings. The first-order valence-corrected chi connectivity index (χ1v) is 3.12. The van der Waals surface area contributed by atoms with E-state index in [0.717, 1.165) is 0 Å². The third-order valence-corrected chi connectivity index (χ3v) is 1.13. The summed E-state index contributed by atoms with van der Waals surface area (Å²) in [7, 11) is 1.33. The number of ether oxygens (including phenoxy) is 1. The first-order chi connectivity index (χ1) is 5.33. The average Bonchev–Trinajstić information content (AvgIpc) is 2.52. The molecular weight excluding hydrogens is 144 g/mol. The second-order valence-corrected chi connectivity index (χ2v) is 1.87. The van der Waals surface area contributed by atoms with Gasteiger partial charge in [0, 0.05) is 6.08 Å². The lowest BCUT2D eigenvalue weighted by Crippen LogP contribution is -1.92. The van der Waals surface area contributed by atoms with Gasteiger partial charge in [0.2, 0.25) is 0 Å². The Bertz CT molecular complexity index is 246. The van der Waals surface area contributed by atoms with E-state index in [0.29, 0.717) is 5.76 Å². The molecule has 0 aromatic carbocycles. The molecule has 0 amide bonds. The summed E-state index contributed by atoms with van der Waals surface area (Å²) in [5, 5.41) is 0. The lowest BCUT2D eigenvalue weighted by molar-refractivity contribution is -0.134. The van der Waals surface area contributed by atoms with Crippen LogP contribution >= 0.6 is 0 Å². The van der Waals surface area contributed by atoms with Gasteiger partial charge >= 0.3 is 5.97 Å². The third kappa shape index (κ3) is 2.29. The lowest BCUT2D eigenvalue weighted by Gasteiger charge is -1.87. The Labute approximate surface area is 64.3 Å². The Morgan fingerprint density at radius 2 is 2.55 bits per heavy atom. The number of carbonyl (C=O) groups is 1. The molecule has 0 N–H and O–H groups in total. The molecule has 0 saturated heterocycles. The second-order valence-electron chi connectivity index (χ2n) is 1.87. The Morgan fingerprint density at radius 1 is 1.73 bits per heavy atom. The van der Waals surface area contributed by atoms with Crippen molar-refractivity contribution in [2.75, 3.05) is 7.11 Å². The summed E-state index contributed by atoms with van der Waals surface area (Å²) in [6.45, 7) is 0. The summed E-state index contributed by atoms with van der Waals surface area (Å²) in [6.07, 6.45) is 4.39. The van der Waals surface area contributed by atoms with Crippen molar-refractivity contribution in [2.24, 2.45) is 0 Å². The summed E-state index contributed by atoms with van der Waals surface area (Å²) in [6, 6.07) is 3.50. The molecule has 0 unspecified atom stereocenters. The van der Waals surface area contributed by atoms with Crippen LogP contribution in [0.25, 0.3) is 6.08 Å². The normalized spacial score (nSPS) is 10.3. The SMILES string of the molecule is COC(=O)/C=C/c1ccco1. The van der Waals surface area contributed by atoms with E-state index in [1.54, 1.807) is 18.2 Å². The zero-order valence-electron chi connectivity index (χ0n) is 6.11. The van der Waals surface area contributed by atoms with Gasteiger partial charge in [-0.15, -0.1) is 0 Å². The number of esters is 1. The largest absolute Gasteiger partial charge is 0.466 e. The quantitative estimate of drug-likeness (QED) is 0.475. The molecule has 1 aromatic rings. The maximum atomic E-state index is 10.6. The molecule has 1 aromatic heterocycles. The van der Waals surface area contributed by atoms with Gasteiger partial charge in [-0.2, -0.15) is 0 Å². The van der Waals surface area contributed by atoms with Crippen molar-refractivity contribution in [3.05, 3.63) is 30.2 Å². The smallest absolute Gasteiger partial charge is 0.330 e. The van der Waals surface area contributed by atoms with Gasteiger partial charge in [-0.05, 0) is 18.2 Å². The van der Waals surface area contributed by atoms with Crippen molar-refractivity contribution < 1.29 is 13.9 Å². The van der Waals surface area contributed by atoms with E-state index in [-0.39, 0.29) is 5.97 Å². The second kappa shape index (κ2) is 3.61. The van der Waals surface area contributed by atoms with Crippen molar-refractivity contribution in [2.45, 2.75) is 0 Å². The molecule has 3 heteroatoms. The number of hydrogen-bond acceptors (Lipinski definition) is 3. The van der Waals surface area contributed by atoms with Crippen LogP contribution in [0.5, 0.6) is 0 Å². The highest BCUT2D eigenvalue weighted by atomic mass is 16.5. The van der Waals surface area contributed by atoms with Gasteiger partial charge in [-0.25, -0.2) is 4.79 Å². The highest BCUT2D eigenvalue weighted by Gasteiger charge is 1.91. The number of hydrogen-bond donors (Lipinski definition) is 0. The molecule has 0 aliphatic heterocycles. The summed E-state index contributed by atoms with van der Waals surface area (Å²) in [5.41, 5.74) is 0. The molecule has 1 heterocycles. The molecule has 0 radical (unpaired) electrons. The fourth-order valence-electron chi connectivity index (χ4n) is 0.604. The van der Waals surface area contributed by atoms with Crippen molar-refractivity contribution >= 4 is 12.0 Å². The monoisotopic (exact) mass is 152 g/mol. The molecule has 0 saturated carbocycles. The van der Waals surface area contributed by atoms with Crippen molar-refractivity contribution in [1.82, 2.24) is 0 Å². The van der Waals surface area contributed by atoms with Gasteiger partial charge in [0.25, 0.3) is 0 Å². The summed E-state index contributed by atoms with van der Waals surface area (Å²) in [5.74, 6) is 0.247. The Hall–Kier alpha value is -1.51. The topological polar surface area (TPSA) is 39.4 Å². The first kappa shape index (κ1) is 7.60. The highest BCUT2D eigenvalue weighted by Crippen LogP contribution is 2.01. The van der Waals surface area contributed by atoms with E-state index in [4.69, 9.17) is 4.42 Å². The number of rotatable bonds is 2. The minimum Gasteiger partial charge on any atom is -0.466 e. The van der Waals surface area contributed by atoms with Crippen LogP contribution in [-0.4, -0.2) is 13.1 Å². The number of carbonyl (C=O) groups excluding carboxylic acids is 1. The predicted molar refractivity (Wildman–Crippen MR) is 39.8 cm³/mol. The van der Waals surface area contributed by atoms with Gasteiger partial charge in [-0.3, -0.25) is 0 Å². The molecule has 11 heavy (non-hydrogen) atoms. The van der Waals surface area contributed by atoms with Gasteiger partial charge in [-0.1, -0.05) is 0 Å². The molecular formula is C8H8O3. The minimum atomic E-state index is -0.388. The average molecular weight is 152 g/mol. The van der Waals surface area contributed by atoms with Crippen LogP contribution in [-0.2, 0) is 9.53 Å². The molecule has 0 atom stereocenters. The number of furan rings is 1. The van der Waals surface area contributed by atoms with Gasteiger partial charge in [0.1, 0.15) is 5.76 Å². The zero-order valence-corrected chi connectivity index (χ0v) is 6.11. The first-order valence-electron chi connectivity index (χ1n) is 3.12. The van der Waals surface area contributed by atoms with Crippen molar-refractivity contribution in [3.8, 4) is 0 Å². The van der Waals surface area contributed by atoms with Gasteiger partial charge in [0.05, 0.1) is 13.4 Å². The molecule has 3 nitrogen and oxygen atoms in total. The van der Waals surface area contributed by atoms with E-state index in [1.165, 1.54) is 19.4 Å². The van der Waals surface area contributed by atoms with Crippen LogP contribution in [0.4, 0.5) is 0 Å². The van der Waals surface area contributed by atoms with Crippen LogP contribution in [0.3, 0.4) is 0 Å². The van der Waals surface area contributed by atoms with Crippen molar-refractivity contribution in [1.29, 1.82) is 0 Å². The fraction of sp³-hybridized carbons (Fsp3) is 0.125. The molecule has 58 valence electrons. The van der Waals surface area contributed by atoms with Crippen LogP contribution in [0.1, 0.15) is 5.76 Å². The lowest BCUT2D eigenvalue weighted by atomic mass is 10.4. The Balaban J connectivity index is 2.55. The minimum absolute atomic E-state index is 0.388. The molecule has 1 rings (SSSR count). The van der Waals surface area contributed by atoms with E-state index < -0.39 is 0 Å². The Morgan fingerprint density at radius 3 is 3.09 bits per heavy atom. The highest BCUT2D eigenvalue weighted by molar-refractivity contribution is 5.86. The van der Waals surface area contributed by atoms with Gasteiger partial charge in [0.15, 0.2) is 0 Å². The Kier molecular flexibility index (Phi) is 2.49. The van der Waals surface area contributed by atoms with Crippen LogP contribution in [0, 0.1) is 0 Å². The van der Waals surface area contributed by atoms with E-state index in [2.05, 4.69) is 4.74 Å². The van der Waals surface area contributed by atoms with E-state index in [1.807, 2.05) is 0 Å². The van der Waals surface area contributed by atoms with E-state index >= 15 is 0 Å². The summed E-state index contributed by atoms with van der Waals surface area (Å²) >= 11 is 0. The molecule has 0 fully saturated rings. The molecule has 0 aliphatic carbocycles.